The summed E-state index contributed by atoms with van der Waals surface area (Å²) in [6.45, 7) is 3.61. The number of likely N-dealkylation sites (tertiary alicyclic amines) is 1. The standard InChI is InChI=1S/C15H22BrNO2/c1-19-15-9-14(16)5-4-13(15)3-2-7-17-8-6-12(10-17)11-18/h4-5,9,12,18H,2-3,6-8,10-11H2,1H3. The average Bonchev–Trinajstić information content (AvgIpc) is 2.88. The molecule has 1 aliphatic heterocycles. The first-order valence-electron chi connectivity index (χ1n) is 6.88. The molecule has 1 aromatic carbocycles. The van der Waals surface area contributed by atoms with Crippen LogP contribution in [0.5, 0.6) is 5.75 Å². The smallest absolute Gasteiger partial charge is 0.123 e. The van der Waals surface area contributed by atoms with Gasteiger partial charge in [0, 0.05) is 17.6 Å². The first-order valence-corrected chi connectivity index (χ1v) is 7.68. The summed E-state index contributed by atoms with van der Waals surface area (Å²) in [4.78, 5) is 2.45. The van der Waals surface area contributed by atoms with Crippen LogP contribution in [0.3, 0.4) is 0 Å². The maximum atomic E-state index is 9.13. The Bertz CT molecular complexity index is 411. The van der Waals surface area contributed by atoms with E-state index in [1.54, 1.807) is 7.11 Å². The molecule has 1 saturated heterocycles. The summed E-state index contributed by atoms with van der Waals surface area (Å²) in [6.07, 6.45) is 3.31. The summed E-state index contributed by atoms with van der Waals surface area (Å²) < 4.78 is 6.46. The molecule has 1 fully saturated rings. The number of aliphatic hydroxyl groups is 1. The van der Waals surface area contributed by atoms with Crippen LogP contribution < -0.4 is 4.74 Å². The van der Waals surface area contributed by atoms with Gasteiger partial charge in [-0.25, -0.2) is 0 Å². The van der Waals surface area contributed by atoms with Crippen molar-refractivity contribution in [2.45, 2.75) is 19.3 Å². The van der Waals surface area contributed by atoms with Gasteiger partial charge in [-0.1, -0.05) is 22.0 Å². The highest BCUT2D eigenvalue weighted by molar-refractivity contribution is 9.10. The normalized spacial score (nSPS) is 19.8. The highest BCUT2D eigenvalue weighted by atomic mass is 79.9. The van der Waals surface area contributed by atoms with Crippen LogP contribution in [0.2, 0.25) is 0 Å². The van der Waals surface area contributed by atoms with Crippen molar-refractivity contribution in [3.8, 4) is 5.75 Å². The predicted molar refractivity (Wildman–Crippen MR) is 80.6 cm³/mol. The van der Waals surface area contributed by atoms with Crippen molar-refractivity contribution < 1.29 is 9.84 Å². The molecule has 1 N–H and O–H groups in total. The second kappa shape index (κ2) is 7.27. The second-order valence-corrected chi connectivity index (χ2v) is 6.11. The fourth-order valence-electron chi connectivity index (χ4n) is 2.68. The van der Waals surface area contributed by atoms with Crippen molar-refractivity contribution in [2.75, 3.05) is 33.4 Å². The monoisotopic (exact) mass is 327 g/mol. The summed E-state index contributed by atoms with van der Waals surface area (Å²) in [5.41, 5.74) is 1.27. The maximum Gasteiger partial charge on any atom is 0.123 e. The van der Waals surface area contributed by atoms with Crippen molar-refractivity contribution >= 4 is 15.9 Å². The van der Waals surface area contributed by atoms with Crippen molar-refractivity contribution in [1.82, 2.24) is 4.90 Å². The Balaban J connectivity index is 1.80. The number of ether oxygens (including phenoxy) is 1. The van der Waals surface area contributed by atoms with Crippen molar-refractivity contribution in [3.63, 3.8) is 0 Å². The van der Waals surface area contributed by atoms with Gasteiger partial charge in [-0.15, -0.1) is 0 Å². The van der Waals surface area contributed by atoms with Crippen LogP contribution in [0, 0.1) is 5.92 Å². The van der Waals surface area contributed by atoms with Crippen LogP contribution in [0.4, 0.5) is 0 Å². The van der Waals surface area contributed by atoms with Crippen molar-refractivity contribution in [3.05, 3.63) is 28.2 Å². The third kappa shape index (κ3) is 4.20. The average molecular weight is 328 g/mol. The first kappa shape index (κ1) is 14.8. The van der Waals surface area contributed by atoms with Crippen molar-refractivity contribution in [2.24, 2.45) is 5.92 Å². The van der Waals surface area contributed by atoms with Gasteiger partial charge in [0.15, 0.2) is 0 Å². The Labute approximate surface area is 123 Å². The lowest BCUT2D eigenvalue weighted by molar-refractivity contribution is 0.221. The minimum absolute atomic E-state index is 0.330. The molecule has 1 atom stereocenters. The first-order chi connectivity index (χ1) is 9.22. The molecule has 4 heteroatoms. The molecule has 2 rings (SSSR count). The third-order valence-corrected chi connectivity index (χ3v) is 4.29. The highest BCUT2D eigenvalue weighted by Crippen LogP contribution is 2.25. The molecule has 0 aliphatic carbocycles. The van der Waals surface area contributed by atoms with Gasteiger partial charge in [0.05, 0.1) is 7.11 Å². The van der Waals surface area contributed by atoms with Gasteiger partial charge in [-0.05, 0) is 56.0 Å². The number of hydrogen-bond donors (Lipinski definition) is 1. The van der Waals surface area contributed by atoms with Gasteiger partial charge in [0.2, 0.25) is 0 Å². The number of halogens is 1. The van der Waals surface area contributed by atoms with E-state index in [-0.39, 0.29) is 0 Å². The molecule has 0 saturated carbocycles. The zero-order valence-electron chi connectivity index (χ0n) is 11.4. The molecule has 0 spiro atoms. The van der Waals surface area contributed by atoms with E-state index >= 15 is 0 Å². The van der Waals surface area contributed by atoms with Gasteiger partial charge >= 0.3 is 0 Å². The fourth-order valence-corrected chi connectivity index (χ4v) is 3.02. The number of nitrogens with zero attached hydrogens (tertiary/aromatic N) is 1. The van der Waals surface area contributed by atoms with Gasteiger partial charge in [0.1, 0.15) is 5.75 Å². The van der Waals surface area contributed by atoms with Crippen LogP contribution in [0.15, 0.2) is 22.7 Å². The number of aryl methyl sites for hydroxylation is 1. The molecule has 0 aromatic heterocycles. The Morgan fingerprint density at radius 3 is 3.00 bits per heavy atom. The fraction of sp³-hybridized carbons (Fsp3) is 0.600. The molecule has 0 amide bonds. The molecule has 106 valence electrons. The van der Waals surface area contributed by atoms with Crippen molar-refractivity contribution in [1.29, 1.82) is 0 Å². The van der Waals surface area contributed by atoms with Gasteiger partial charge in [-0.3, -0.25) is 0 Å². The van der Waals surface area contributed by atoms with E-state index in [4.69, 9.17) is 9.84 Å². The van der Waals surface area contributed by atoms with Crippen LogP contribution in [-0.4, -0.2) is 43.4 Å². The molecule has 1 aromatic rings. The highest BCUT2D eigenvalue weighted by Gasteiger charge is 2.20. The summed E-state index contributed by atoms with van der Waals surface area (Å²) in [5, 5.41) is 9.13. The summed E-state index contributed by atoms with van der Waals surface area (Å²) in [7, 11) is 1.72. The molecular formula is C15H22BrNO2. The van der Waals surface area contributed by atoms with E-state index in [1.807, 2.05) is 6.07 Å². The molecule has 0 radical (unpaired) electrons. The second-order valence-electron chi connectivity index (χ2n) is 5.20. The lowest BCUT2D eigenvalue weighted by Crippen LogP contribution is -2.23. The Kier molecular flexibility index (Phi) is 5.67. The third-order valence-electron chi connectivity index (χ3n) is 3.80. The topological polar surface area (TPSA) is 32.7 Å². The van der Waals surface area contributed by atoms with Crippen LogP contribution >= 0.6 is 15.9 Å². The lowest BCUT2D eigenvalue weighted by atomic mass is 10.1. The number of rotatable bonds is 6. The van der Waals surface area contributed by atoms with E-state index in [2.05, 4.69) is 33.0 Å². The number of methoxy groups -OCH3 is 1. The SMILES string of the molecule is COc1cc(Br)ccc1CCCN1CCC(CO)C1. The van der Waals surface area contributed by atoms with E-state index in [0.717, 1.165) is 49.1 Å². The van der Waals surface area contributed by atoms with E-state index in [0.29, 0.717) is 12.5 Å². The summed E-state index contributed by atoms with van der Waals surface area (Å²) >= 11 is 3.46. The molecule has 0 bridgehead atoms. The molecule has 1 heterocycles. The quantitative estimate of drug-likeness (QED) is 0.872. The van der Waals surface area contributed by atoms with Crippen LogP contribution in [0.25, 0.3) is 0 Å². The molecule has 1 aliphatic rings. The maximum absolute atomic E-state index is 9.13. The molecule has 19 heavy (non-hydrogen) atoms. The number of aliphatic hydroxyl groups excluding tert-OH is 1. The minimum Gasteiger partial charge on any atom is -0.496 e. The lowest BCUT2D eigenvalue weighted by Gasteiger charge is -2.16. The number of benzene rings is 1. The van der Waals surface area contributed by atoms with Crippen LogP contribution in [0.1, 0.15) is 18.4 Å². The van der Waals surface area contributed by atoms with Gasteiger partial charge in [0.25, 0.3) is 0 Å². The van der Waals surface area contributed by atoms with Gasteiger partial charge < -0.3 is 14.7 Å². The predicted octanol–water partition coefficient (Wildman–Crippen LogP) is 2.70. The Hall–Kier alpha value is -0.580. The van der Waals surface area contributed by atoms with Gasteiger partial charge in [-0.2, -0.15) is 0 Å². The zero-order chi connectivity index (χ0) is 13.7. The largest absolute Gasteiger partial charge is 0.496 e. The zero-order valence-corrected chi connectivity index (χ0v) is 13.0. The summed E-state index contributed by atoms with van der Waals surface area (Å²) in [6, 6.07) is 6.21. The van der Waals surface area contributed by atoms with E-state index < -0.39 is 0 Å². The van der Waals surface area contributed by atoms with E-state index in [1.165, 1.54) is 5.56 Å². The Morgan fingerprint density at radius 1 is 1.47 bits per heavy atom. The molecular weight excluding hydrogens is 306 g/mol. The molecule has 1 unspecified atom stereocenters. The Morgan fingerprint density at radius 2 is 2.32 bits per heavy atom. The molecule has 3 nitrogen and oxygen atoms in total. The summed E-state index contributed by atoms with van der Waals surface area (Å²) in [5.74, 6) is 1.45. The minimum atomic E-state index is 0.330. The van der Waals surface area contributed by atoms with E-state index in [9.17, 15) is 0 Å². The number of hydrogen-bond acceptors (Lipinski definition) is 3. The van der Waals surface area contributed by atoms with Crippen LogP contribution in [-0.2, 0) is 6.42 Å².